The Labute approximate surface area is 799 Å². The van der Waals surface area contributed by atoms with Crippen LogP contribution in [0.15, 0.2) is 159 Å². The highest BCUT2D eigenvalue weighted by molar-refractivity contribution is 8.13. The molecule has 0 saturated heterocycles. The molecule has 0 atom stereocenters. The van der Waals surface area contributed by atoms with Crippen molar-refractivity contribution in [2.75, 3.05) is 0 Å². The van der Waals surface area contributed by atoms with E-state index in [0.717, 1.165) is 112 Å². The molecule has 0 aliphatic rings. The number of thiocarbonyl (C=S) groups is 4. The van der Waals surface area contributed by atoms with E-state index in [-0.39, 0.29) is 20.4 Å². The smallest absolute Gasteiger partial charge is 0.377 e. The van der Waals surface area contributed by atoms with Crippen LogP contribution in [0.1, 0.15) is 89.3 Å². The minimum atomic E-state index is 0.000000000000000222. The van der Waals surface area contributed by atoms with Gasteiger partial charge >= 0.3 is 20.7 Å². The summed E-state index contributed by atoms with van der Waals surface area (Å²) in [4.78, 5) is 24.0. The molecule has 0 amide bonds. The van der Waals surface area contributed by atoms with E-state index in [9.17, 15) is 0 Å². The standard InChI is InChI=1S/C11H10ClN3S.3C10H9ClN4S.C9H8ClN.3C8H7ClN2.4CH4N2S/c12-8-15-11(14)16-7-10-4-2-1-3-9(10)5-6-13;11-7-15-10(13)16-6-9-2-4-14-5-8(9)1-3-12;11-7-15-10(13)16-6-9-5-14-4-2-8(9)1-3-12;11-7-15-10(13)16-6-9-8(3-4-12)2-1-5-14-9;10-7-9-4-2-1-3-8(9)5-6-11;9-5-7-2-4-11-6-8(7)1-3-10;9-5-8-6-11-4-2-7(8)1-3-10;9-6-8-7(3-4-10)2-1-5-11-8;4*2-1(3)4/h1-4,8,14H,5,7H2;2*2,4-5,7,13H,1,6H2;1-2,5,7,13H,3,6H2;1-4H,5,7H2;2*2,4,6H,1,5H2;1-2,5H,3,6H2;4*(H4,2,3,4)/p+4. The summed E-state index contributed by atoms with van der Waals surface area (Å²) >= 11 is 65.5. The van der Waals surface area contributed by atoms with E-state index in [1.54, 1.807) is 62.0 Å². The highest BCUT2D eigenvalue weighted by atomic mass is 35.5. The lowest BCUT2D eigenvalue weighted by Crippen LogP contribution is -2.18. The molecule has 0 fully saturated rings. The average Bonchev–Trinajstić information content (AvgIpc) is 0.898. The van der Waals surface area contributed by atoms with Gasteiger partial charge in [-0.15, -0.1) is 46.4 Å². The molecule has 46 heteroatoms. The second-order valence-corrected chi connectivity index (χ2v) is 29.3. The Hall–Kier alpha value is -11.3. The van der Waals surface area contributed by atoms with Crippen LogP contribution in [0.2, 0.25) is 0 Å². The average molecular weight is 1980 g/mol. The molecule has 6 heterocycles. The van der Waals surface area contributed by atoms with Crippen LogP contribution in [0.4, 0.5) is 0 Å². The minimum Gasteiger partial charge on any atom is -0.377 e. The van der Waals surface area contributed by atoms with Crippen LogP contribution in [-0.4, -0.2) is 93.7 Å². The Morgan fingerprint density at radius 3 is 0.855 bits per heavy atom. The van der Waals surface area contributed by atoms with E-state index >= 15 is 0 Å². The van der Waals surface area contributed by atoms with Crippen molar-refractivity contribution in [1.82, 2.24) is 48.6 Å². The lowest BCUT2D eigenvalue weighted by molar-refractivity contribution is 1.08. The monoisotopic (exact) mass is 1980 g/mol. The lowest BCUT2D eigenvalue weighted by Gasteiger charge is -2.03. The van der Waals surface area contributed by atoms with Crippen molar-refractivity contribution in [2.24, 2.45) is 68.8 Å². The Morgan fingerprint density at radius 2 is 0.508 bits per heavy atom. The Bertz CT molecular complexity index is 4530. The van der Waals surface area contributed by atoms with Crippen LogP contribution in [0.25, 0.3) is 0 Å². The van der Waals surface area contributed by atoms with E-state index in [0.29, 0.717) is 119 Å². The molecule has 0 unspecified atom stereocenters. The fraction of sp³-hybridized carbons (Fsp3) is 0.205. The van der Waals surface area contributed by atoms with Gasteiger partial charge in [0, 0.05) is 103 Å². The summed E-state index contributed by atoms with van der Waals surface area (Å²) in [5.41, 5.74) is 79.2. The third-order valence-corrected chi connectivity index (χ3v) is 18.0. The van der Waals surface area contributed by atoms with Crippen molar-refractivity contribution in [1.29, 1.82) is 42.1 Å². The van der Waals surface area contributed by atoms with E-state index in [2.05, 4.69) is 192 Å². The zero-order valence-electron chi connectivity index (χ0n) is 65.9. The van der Waals surface area contributed by atoms with Crippen molar-refractivity contribution < 1.29 is 0 Å². The highest BCUT2D eigenvalue weighted by Crippen LogP contribution is 2.20. The van der Waals surface area contributed by atoms with Gasteiger partial charge in [0.05, 0.1) is 117 Å². The predicted octanol–water partition coefficient (Wildman–Crippen LogP) is 9.63. The predicted molar refractivity (Wildman–Crippen MR) is 533 cm³/mol. The summed E-state index contributed by atoms with van der Waals surface area (Å²) in [5.74, 6) is 4.28. The molecule has 0 spiro atoms. The van der Waals surface area contributed by atoms with Crippen LogP contribution in [0.5, 0.6) is 0 Å². The van der Waals surface area contributed by atoms with Gasteiger partial charge in [-0.3, -0.25) is 52.8 Å². The van der Waals surface area contributed by atoms with E-state index in [1.165, 1.54) is 47.0 Å². The highest BCUT2D eigenvalue weighted by Gasteiger charge is 2.12. The molecule has 648 valence electrons. The summed E-state index contributed by atoms with van der Waals surface area (Å²) in [6.07, 6.45) is 20.0. The maximum Gasteiger partial charge on any atom is 0.403 e. The number of nitrogens with two attached hydrogens (primary N) is 12. The van der Waals surface area contributed by atoms with E-state index < -0.39 is 0 Å². The van der Waals surface area contributed by atoms with Gasteiger partial charge in [0.2, 0.25) is 0 Å². The lowest BCUT2D eigenvalue weighted by atomic mass is 10.1. The largest absolute Gasteiger partial charge is 0.403 e. The van der Waals surface area contributed by atoms with Crippen LogP contribution in [-0.2, 0) is 97.9 Å². The van der Waals surface area contributed by atoms with E-state index in [1.807, 2.05) is 97.1 Å². The molecule has 24 N–H and O–H groups in total. The van der Waals surface area contributed by atoms with Crippen LogP contribution in [0, 0.1) is 90.6 Å². The molecule has 0 aliphatic carbocycles. The van der Waals surface area contributed by atoms with Gasteiger partial charge in [-0.05, 0) is 257 Å². The quantitative estimate of drug-likeness (QED) is 0.0111. The zero-order chi connectivity index (χ0) is 93.9. The molecule has 124 heavy (non-hydrogen) atoms. The molecular weight excluding hydrogens is 1900 g/mol. The Kier molecular flexibility index (Phi) is 79.4. The van der Waals surface area contributed by atoms with Crippen molar-refractivity contribution in [3.05, 3.63) is 248 Å². The number of halogens is 8. The number of nitriles is 8. The van der Waals surface area contributed by atoms with Gasteiger partial charge in [0.1, 0.15) is 0 Å². The number of hydrogen-bond donors (Lipinski definition) is 12. The first-order chi connectivity index (χ1) is 59.5. The first kappa shape index (κ1) is 119. The zero-order valence-corrected chi connectivity index (χ0v) is 78.5. The van der Waals surface area contributed by atoms with Crippen LogP contribution >= 0.6 is 189 Å². The summed E-state index contributed by atoms with van der Waals surface area (Å²) < 4.78 is 14.9. The first-order valence-electron chi connectivity index (χ1n) is 34.1. The maximum absolute atomic E-state index is 8.68. The fourth-order valence-corrected chi connectivity index (χ4v) is 12.3. The molecule has 0 saturated carbocycles. The second-order valence-electron chi connectivity index (χ2n) is 21.6. The Morgan fingerprint density at radius 1 is 0.282 bits per heavy atom. The van der Waals surface area contributed by atoms with Crippen LogP contribution in [0.3, 0.4) is 0 Å². The van der Waals surface area contributed by atoms with Crippen molar-refractivity contribution in [3.8, 4) is 48.6 Å². The van der Waals surface area contributed by atoms with Crippen molar-refractivity contribution in [2.45, 2.75) is 97.9 Å². The Balaban J connectivity index is -0.000000649. The van der Waals surface area contributed by atoms with E-state index in [4.69, 9.17) is 158 Å². The number of hydrogen-bond acceptors (Lipinski definition) is 22. The number of thioether (sulfide) groups is 4. The summed E-state index contributed by atoms with van der Waals surface area (Å²) in [7, 11) is 0. The summed E-state index contributed by atoms with van der Waals surface area (Å²) in [6.45, 7) is 0. The molecular formula is C78H86Cl8N30S8+4. The van der Waals surface area contributed by atoms with Gasteiger partial charge in [-0.25, -0.2) is 0 Å². The topological polar surface area (TPSA) is 636 Å². The fourth-order valence-electron chi connectivity index (χ4n) is 7.87. The first-order valence-corrected chi connectivity index (χ1v) is 43.6. The number of benzene rings is 2. The van der Waals surface area contributed by atoms with Gasteiger partial charge in [-0.2, -0.15) is 60.8 Å². The summed E-state index contributed by atoms with van der Waals surface area (Å²) in [6, 6.07) is 47.0. The molecule has 0 radical (unpaired) electrons. The van der Waals surface area contributed by atoms with Gasteiger partial charge in [0.15, 0.2) is 20.4 Å². The number of alkyl halides is 4. The molecule has 0 aliphatic heterocycles. The van der Waals surface area contributed by atoms with Gasteiger partial charge < -0.3 is 45.9 Å². The number of aromatic nitrogens is 6. The van der Waals surface area contributed by atoms with Gasteiger partial charge in [0.25, 0.3) is 22.7 Å². The number of rotatable bonds is 20. The molecule has 6 aromatic heterocycles. The molecule has 2 aromatic carbocycles. The number of nitrogens with zero attached hydrogens (tertiary/aromatic N) is 18. The minimum absolute atomic E-state index is 0.000000000000000222. The number of amidine groups is 4. The molecule has 0 bridgehead atoms. The summed E-state index contributed by atoms with van der Waals surface area (Å²) in [5, 5.41) is 69.9. The molecule has 30 nitrogen and oxygen atoms in total. The third kappa shape index (κ3) is 67.3. The maximum atomic E-state index is 8.68. The SMILES string of the molecule is N#CCc1ccccc1CCl.N#CCc1ccccc1CSC(N)=[N+]=CCl.N#CCc1cccnc1CCl.N#CCc1cccnc1CSC(N)=[N+]=CCl.N#CCc1ccncc1CCl.N#CCc1ccncc1CSC(N)=[N+]=CCl.N#CCc1cnccc1CCl.N#CCc1cnccc1CSC(N)=[N+]=CCl.NC(N)=S.NC(N)=S.NC(N)=S.NC(N)=S. The number of pyridine rings is 6. The van der Waals surface area contributed by atoms with Crippen molar-refractivity contribution >= 4 is 253 Å². The van der Waals surface area contributed by atoms with Crippen LogP contribution < -0.4 is 87.5 Å². The second kappa shape index (κ2) is 82.7. The third-order valence-electron chi connectivity index (χ3n) is 13.1. The molecule has 8 rings (SSSR count). The normalized spacial score (nSPS) is 8.65. The van der Waals surface area contributed by atoms with Gasteiger partial charge in [-0.1, -0.05) is 60.7 Å². The molecule has 8 aromatic rings. The van der Waals surface area contributed by atoms with Crippen molar-refractivity contribution in [3.63, 3.8) is 0 Å².